The maximum Gasteiger partial charge on any atom is 0.223 e. The molecule has 2 aromatic rings. The van der Waals surface area contributed by atoms with E-state index in [2.05, 4.69) is 22.4 Å². The van der Waals surface area contributed by atoms with Gasteiger partial charge in [-0.25, -0.2) is 0 Å². The lowest BCUT2D eigenvalue weighted by Crippen LogP contribution is -2.41. The summed E-state index contributed by atoms with van der Waals surface area (Å²) in [5.41, 5.74) is 2.16. The van der Waals surface area contributed by atoms with Gasteiger partial charge in [0.15, 0.2) is 11.5 Å². The molecule has 2 aliphatic rings. The fourth-order valence-electron chi connectivity index (χ4n) is 4.33. The molecule has 4 rings (SSSR count). The van der Waals surface area contributed by atoms with Crippen LogP contribution in [0.5, 0.6) is 11.5 Å². The molecule has 1 aliphatic carbocycles. The lowest BCUT2D eigenvalue weighted by molar-refractivity contribution is -0.126. The van der Waals surface area contributed by atoms with Crippen LogP contribution in [0.15, 0.2) is 42.6 Å². The lowest BCUT2D eigenvalue weighted by Gasteiger charge is -2.30. The lowest BCUT2D eigenvalue weighted by atomic mass is 9.83. The van der Waals surface area contributed by atoms with Gasteiger partial charge < -0.3 is 14.8 Å². The number of hydrogen-bond acceptors (Lipinski definition) is 4. The molecular weight excluding hydrogens is 352 g/mol. The predicted molar refractivity (Wildman–Crippen MR) is 108 cm³/mol. The van der Waals surface area contributed by atoms with Crippen LogP contribution in [0.3, 0.4) is 0 Å². The van der Waals surface area contributed by atoms with Gasteiger partial charge in [-0.05, 0) is 61.9 Å². The highest BCUT2D eigenvalue weighted by Crippen LogP contribution is 2.37. The first-order valence-corrected chi connectivity index (χ1v) is 10.2. The Morgan fingerprint density at radius 1 is 1.14 bits per heavy atom. The Labute approximate surface area is 166 Å². The Balaban J connectivity index is 1.50. The van der Waals surface area contributed by atoms with E-state index in [1.165, 1.54) is 18.4 Å². The van der Waals surface area contributed by atoms with Gasteiger partial charge in [0, 0.05) is 36.7 Å². The van der Waals surface area contributed by atoms with Crippen molar-refractivity contribution in [2.45, 2.75) is 50.5 Å². The minimum Gasteiger partial charge on any atom is -0.493 e. The van der Waals surface area contributed by atoms with E-state index in [9.17, 15) is 4.79 Å². The van der Waals surface area contributed by atoms with Gasteiger partial charge in [-0.2, -0.15) is 0 Å². The molecule has 2 atom stereocenters. The van der Waals surface area contributed by atoms with Crippen molar-refractivity contribution in [2.75, 3.05) is 13.7 Å². The van der Waals surface area contributed by atoms with Gasteiger partial charge in [0.1, 0.15) is 0 Å². The SMILES string of the molecule is COc1ccc([C@H]2CNC(=O)[C@H](Cc3ccccn3)C2)cc1OC1CCCC1. The quantitative estimate of drug-likeness (QED) is 0.826. The van der Waals surface area contributed by atoms with E-state index in [1.54, 1.807) is 13.3 Å². The molecule has 5 nitrogen and oxygen atoms in total. The minimum atomic E-state index is -0.0602. The van der Waals surface area contributed by atoms with Crippen LogP contribution >= 0.6 is 0 Å². The monoisotopic (exact) mass is 380 g/mol. The molecule has 0 bridgehead atoms. The van der Waals surface area contributed by atoms with Gasteiger partial charge in [-0.15, -0.1) is 0 Å². The van der Waals surface area contributed by atoms with Crippen LogP contribution in [0, 0.1) is 5.92 Å². The summed E-state index contributed by atoms with van der Waals surface area (Å²) >= 11 is 0. The number of benzene rings is 1. The molecular formula is C23H28N2O3. The van der Waals surface area contributed by atoms with E-state index >= 15 is 0 Å². The minimum absolute atomic E-state index is 0.0602. The first-order valence-electron chi connectivity index (χ1n) is 10.2. The average Bonchev–Trinajstić information content (AvgIpc) is 3.23. The summed E-state index contributed by atoms with van der Waals surface area (Å²) in [6.07, 6.45) is 8.24. The summed E-state index contributed by atoms with van der Waals surface area (Å²) in [6, 6.07) is 12.0. The highest BCUT2D eigenvalue weighted by Gasteiger charge is 2.30. The average molecular weight is 380 g/mol. The normalized spacial score (nSPS) is 22.7. The van der Waals surface area contributed by atoms with Crippen LogP contribution < -0.4 is 14.8 Å². The summed E-state index contributed by atoms with van der Waals surface area (Å²) < 4.78 is 11.8. The van der Waals surface area contributed by atoms with Gasteiger partial charge in [-0.3, -0.25) is 9.78 Å². The van der Waals surface area contributed by atoms with E-state index in [0.29, 0.717) is 13.0 Å². The highest BCUT2D eigenvalue weighted by atomic mass is 16.5. The number of nitrogens with one attached hydrogen (secondary N) is 1. The van der Waals surface area contributed by atoms with Crippen molar-refractivity contribution < 1.29 is 14.3 Å². The van der Waals surface area contributed by atoms with Crippen LogP contribution in [0.4, 0.5) is 0 Å². The van der Waals surface area contributed by atoms with Crippen molar-refractivity contribution in [1.29, 1.82) is 0 Å². The number of carbonyl (C=O) groups is 1. The van der Waals surface area contributed by atoms with E-state index in [4.69, 9.17) is 9.47 Å². The van der Waals surface area contributed by atoms with Gasteiger partial charge in [0.2, 0.25) is 5.91 Å². The molecule has 1 aromatic heterocycles. The molecule has 1 saturated heterocycles. The van der Waals surface area contributed by atoms with Gasteiger partial charge in [-0.1, -0.05) is 12.1 Å². The molecule has 1 N–H and O–H groups in total. The Hall–Kier alpha value is -2.56. The molecule has 1 amide bonds. The van der Waals surface area contributed by atoms with Crippen molar-refractivity contribution >= 4 is 5.91 Å². The predicted octanol–water partition coefficient (Wildman–Crippen LogP) is 3.87. The number of ether oxygens (including phenoxy) is 2. The van der Waals surface area contributed by atoms with Crippen molar-refractivity contribution in [1.82, 2.24) is 10.3 Å². The molecule has 1 saturated carbocycles. The molecule has 0 unspecified atom stereocenters. The number of piperidine rings is 1. The van der Waals surface area contributed by atoms with Gasteiger partial charge >= 0.3 is 0 Å². The standard InChI is InChI=1S/C23H28N2O3/c1-27-21-10-9-16(14-22(21)28-20-7-2-3-8-20)18-12-17(23(26)25-15-18)13-19-6-4-5-11-24-19/h4-6,9-11,14,17-18,20H,2-3,7-8,12-13,15H2,1H3,(H,25,26)/t17-,18+/m0/s1. The van der Waals surface area contributed by atoms with Crippen molar-refractivity contribution in [3.05, 3.63) is 53.9 Å². The fourth-order valence-corrected chi connectivity index (χ4v) is 4.33. The van der Waals surface area contributed by atoms with E-state index in [-0.39, 0.29) is 23.8 Å². The molecule has 0 radical (unpaired) electrons. The second-order valence-corrected chi connectivity index (χ2v) is 7.83. The number of pyridine rings is 1. The number of amides is 1. The van der Waals surface area contributed by atoms with E-state index in [0.717, 1.165) is 36.5 Å². The largest absolute Gasteiger partial charge is 0.493 e. The van der Waals surface area contributed by atoms with Crippen LogP contribution in [0.2, 0.25) is 0 Å². The number of aromatic nitrogens is 1. The second-order valence-electron chi connectivity index (χ2n) is 7.83. The van der Waals surface area contributed by atoms with Crippen molar-refractivity contribution in [2.24, 2.45) is 5.92 Å². The highest BCUT2D eigenvalue weighted by molar-refractivity contribution is 5.80. The maximum absolute atomic E-state index is 12.4. The summed E-state index contributed by atoms with van der Waals surface area (Å²) in [4.78, 5) is 16.8. The molecule has 2 heterocycles. The topological polar surface area (TPSA) is 60.5 Å². The second kappa shape index (κ2) is 8.63. The number of nitrogens with zero attached hydrogens (tertiary/aromatic N) is 1. The number of methoxy groups -OCH3 is 1. The molecule has 1 aromatic carbocycles. The third-order valence-corrected chi connectivity index (χ3v) is 5.90. The molecule has 0 spiro atoms. The Morgan fingerprint density at radius 3 is 2.75 bits per heavy atom. The van der Waals surface area contributed by atoms with E-state index in [1.807, 2.05) is 24.3 Å². The molecule has 2 fully saturated rings. The molecule has 148 valence electrons. The summed E-state index contributed by atoms with van der Waals surface area (Å²) in [5.74, 6) is 1.93. The Bertz CT molecular complexity index is 803. The van der Waals surface area contributed by atoms with Crippen LogP contribution in [-0.2, 0) is 11.2 Å². The first kappa shape index (κ1) is 18.8. The number of carbonyl (C=O) groups excluding carboxylic acids is 1. The molecule has 28 heavy (non-hydrogen) atoms. The summed E-state index contributed by atoms with van der Waals surface area (Å²) in [7, 11) is 1.68. The van der Waals surface area contributed by atoms with Crippen LogP contribution in [0.1, 0.15) is 49.3 Å². The third-order valence-electron chi connectivity index (χ3n) is 5.90. The number of hydrogen-bond donors (Lipinski definition) is 1. The summed E-state index contributed by atoms with van der Waals surface area (Å²) in [5, 5.41) is 3.08. The summed E-state index contributed by atoms with van der Waals surface area (Å²) in [6.45, 7) is 0.659. The van der Waals surface area contributed by atoms with Crippen molar-refractivity contribution in [3.63, 3.8) is 0 Å². The maximum atomic E-state index is 12.4. The van der Waals surface area contributed by atoms with Crippen LogP contribution in [0.25, 0.3) is 0 Å². The van der Waals surface area contributed by atoms with Gasteiger partial charge in [0.25, 0.3) is 0 Å². The first-order chi connectivity index (χ1) is 13.7. The zero-order valence-electron chi connectivity index (χ0n) is 16.4. The molecule has 5 heteroatoms. The van der Waals surface area contributed by atoms with Crippen LogP contribution in [-0.4, -0.2) is 30.6 Å². The third kappa shape index (κ3) is 4.29. The number of rotatable bonds is 6. The zero-order chi connectivity index (χ0) is 19.3. The zero-order valence-corrected chi connectivity index (χ0v) is 16.4. The van der Waals surface area contributed by atoms with Crippen molar-refractivity contribution in [3.8, 4) is 11.5 Å². The Kier molecular flexibility index (Phi) is 5.79. The van der Waals surface area contributed by atoms with Gasteiger partial charge in [0.05, 0.1) is 13.2 Å². The Morgan fingerprint density at radius 2 is 2.00 bits per heavy atom. The van der Waals surface area contributed by atoms with E-state index < -0.39 is 0 Å². The smallest absolute Gasteiger partial charge is 0.223 e. The fraction of sp³-hybridized carbons (Fsp3) is 0.478. The molecule has 1 aliphatic heterocycles.